The van der Waals surface area contributed by atoms with Gasteiger partial charge in [0.15, 0.2) is 0 Å². The molecule has 21 heavy (non-hydrogen) atoms. The van der Waals surface area contributed by atoms with Crippen LogP contribution >= 0.6 is 0 Å². The zero-order valence-electron chi connectivity index (χ0n) is 12.7. The van der Waals surface area contributed by atoms with E-state index in [0.717, 1.165) is 6.42 Å². The molecule has 2 N–H and O–H groups in total. The van der Waals surface area contributed by atoms with Gasteiger partial charge in [0.2, 0.25) is 0 Å². The molecule has 1 atom stereocenters. The van der Waals surface area contributed by atoms with Crippen LogP contribution in [0.3, 0.4) is 0 Å². The zero-order valence-corrected chi connectivity index (χ0v) is 12.7. The van der Waals surface area contributed by atoms with Crippen molar-refractivity contribution in [3.8, 4) is 0 Å². The van der Waals surface area contributed by atoms with Crippen LogP contribution in [0.2, 0.25) is 0 Å². The number of hydrogen-bond acceptors (Lipinski definition) is 4. The lowest BCUT2D eigenvalue weighted by Crippen LogP contribution is -2.36. The van der Waals surface area contributed by atoms with Crippen molar-refractivity contribution in [1.29, 1.82) is 0 Å². The van der Waals surface area contributed by atoms with Crippen molar-refractivity contribution in [1.82, 2.24) is 5.32 Å². The number of carbonyl (C=O) groups excluding carboxylic acids is 1. The first-order valence-corrected chi connectivity index (χ1v) is 6.96. The summed E-state index contributed by atoms with van der Waals surface area (Å²) in [5, 5.41) is 5.68. The van der Waals surface area contributed by atoms with E-state index in [2.05, 4.69) is 10.6 Å². The molecule has 1 rings (SSSR count). The number of hydrogen-bond donors (Lipinski definition) is 2. The second-order valence-electron chi connectivity index (χ2n) is 4.61. The van der Waals surface area contributed by atoms with Gasteiger partial charge in [-0.15, -0.1) is 0 Å². The molecule has 0 saturated carbocycles. The van der Waals surface area contributed by atoms with Crippen molar-refractivity contribution in [2.75, 3.05) is 39.2 Å². The highest BCUT2D eigenvalue weighted by Gasteiger charge is 2.16. The Kier molecular flexibility index (Phi) is 7.71. The maximum absolute atomic E-state index is 13.8. The average molecular weight is 298 g/mol. The number of amides is 1. The summed E-state index contributed by atoms with van der Waals surface area (Å²) in [6.45, 7) is 3.25. The van der Waals surface area contributed by atoms with Crippen LogP contribution in [0.1, 0.15) is 23.7 Å². The summed E-state index contributed by atoms with van der Waals surface area (Å²) in [7, 11) is 3.11. The summed E-state index contributed by atoms with van der Waals surface area (Å²) >= 11 is 0. The van der Waals surface area contributed by atoms with Gasteiger partial charge in [0, 0.05) is 27.3 Å². The largest absolute Gasteiger partial charge is 0.382 e. The van der Waals surface area contributed by atoms with Gasteiger partial charge >= 0.3 is 0 Å². The molecule has 0 radical (unpaired) electrons. The number of rotatable bonds is 9. The molecule has 0 fully saturated rings. The van der Waals surface area contributed by atoms with Gasteiger partial charge in [-0.2, -0.15) is 0 Å². The number of nitrogens with one attached hydrogen (secondary N) is 2. The molecule has 1 unspecified atom stereocenters. The first kappa shape index (κ1) is 17.4. The van der Waals surface area contributed by atoms with Crippen LogP contribution in [-0.4, -0.2) is 45.9 Å². The molecule has 0 spiro atoms. The molecule has 0 bridgehead atoms. The minimum atomic E-state index is -0.434. The Morgan fingerprint density at radius 2 is 2.14 bits per heavy atom. The number of ether oxygens (including phenoxy) is 2. The zero-order chi connectivity index (χ0) is 15.7. The third-order valence-electron chi connectivity index (χ3n) is 2.99. The maximum Gasteiger partial charge on any atom is 0.253 e. The normalized spacial score (nSPS) is 12.0. The van der Waals surface area contributed by atoms with Crippen LogP contribution in [0.5, 0.6) is 0 Å². The Hall–Kier alpha value is -1.66. The molecule has 0 aromatic heterocycles. The molecule has 5 nitrogen and oxygen atoms in total. The van der Waals surface area contributed by atoms with E-state index < -0.39 is 5.82 Å². The lowest BCUT2D eigenvalue weighted by Gasteiger charge is -2.16. The monoisotopic (exact) mass is 298 g/mol. The lowest BCUT2D eigenvalue weighted by atomic mass is 10.1. The van der Waals surface area contributed by atoms with Crippen molar-refractivity contribution >= 4 is 11.6 Å². The van der Waals surface area contributed by atoms with Crippen LogP contribution in [0.15, 0.2) is 18.2 Å². The smallest absolute Gasteiger partial charge is 0.253 e. The molecule has 118 valence electrons. The number of benzene rings is 1. The molecule has 1 aromatic carbocycles. The number of anilines is 1. The van der Waals surface area contributed by atoms with Crippen LogP contribution in [0.25, 0.3) is 0 Å². The minimum Gasteiger partial charge on any atom is -0.382 e. The highest BCUT2D eigenvalue weighted by Crippen LogP contribution is 2.19. The Balaban J connectivity index is 2.75. The number of methoxy groups -OCH3 is 2. The summed E-state index contributed by atoms with van der Waals surface area (Å²) in [4.78, 5) is 12.2. The highest BCUT2D eigenvalue weighted by molar-refractivity contribution is 5.99. The van der Waals surface area contributed by atoms with E-state index >= 15 is 0 Å². The van der Waals surface area contributed by atoms with Gasteiger partial charge in [-0.3, -0.25) is 4.79 Å². The van der Waals surface area contributed by atoms with E-state index in [1.54, 1.807) is 20.3 Å². The summed E-state index contributed by atoms with van der Waals surface area (Å²) in [6.07, 6.45) is 0.606. The molecule has 1 amide bonds. The molecule has 6 heteroatoms. The van der Waals surface area contributed by atoms with E-state index in [-0.39, 0.29) is 23.3 Å². The molecular weight excluding hydrogens is 275 g/mol. The van der Waals surface area contributed by atoms with Crippen LogP contribution < -0.4 is 10.6 Å². The molecule has 0 aliphatic carbocycles. The first-order chi connectivity index (χ1) is 10.1. The Morgan fingerprint density at radius 1 is 1.38 bits per heavy atom. The number of para-hydroxylation sites is 1. The summed E-state index contributed by atoms with van der Waals surface area (Å²) in [6, 6.07) is 4.44. The van der Waals surface area contributed by atoms with E-state index in [1.165, 1.54) is 12.1 Å². The third kappa shape index (κ3) is 5.32. The molecule has 0 aliphatic rings. The van der Waals surface area contributed by atoms with Crippen molar-refractivity contribution < 1.29 is 18.7 Å². The Labute approximate surface area is 124 Å². The Morgan fingerprint density at radius 3 is 2.76 bits per heavy atom. The van der Waals surface area contributed by atoms with Gasteiger partial charge in [0.05, 0.1) is 24.0 Å². The topological polar surface area (TPSA) is 59.6 Å². The van der Waals surface area contributed by atoms with Gasteiger partial charge in [0.1, 0.15) is 5.82 Å². The number of carbonyl (C=O) groups is 1. The van der Waals surface area contributed by atoms with E-state index in [4.69, 9.17) is 9.47 Å². The molecule has 1 aromatic rings. The quantitative estimate of drug-likeness (QED) is 0.732. The van der Waals surface area contributed by atoms with E-state index in [0.29, 0.717) is 19.7 Å². The van der Waals surface area contributed by atoms with E-state index in [9.17, 15) is 9.18 Å². The van der Waals surface area contributed by atoms with Crippen molar-refractivity contribution in [2.45, 2.75) is 19.4 Å². The summed E-state index contributed by atoms with van der Waals surface area (Å²) in [5.41, 5.74) is 0.522. The fourth-order valence-corrected chi connectivity index (χ4v) is 1.84. The fourth-order valence-electron chi connectivity index (χ4n) is 1.84. The van der Waals surface area contributed by atoms with E-state index in [1.807, 2.05) is 6.92 Å². The molecule has 0 heterocycles. The van der Waals surface area contributed by atoms with Crippen LogP contribution in [-0.2, 0) is 9.47 Å². The van der Waals surface area contributed by atoms with Gasteiger partial charge in [-0.05, 0) is 18.6 Å². The third-order valence-corrected chi connectivity index (χ3v) is 2.99. The van der Waals surface area contributed by atoms with Crippen LogP contribution in [0, 0.1) is 5.82 Å². The molecular formula is C15H23FN2O3. The SMILES string of the molecule is CCCNc1c(F)cccc1C(=O)NCC(COC)OC. The van der Waals surface area contributed by atoms with Crippen molar-refractivity contribution in [3.63, 3.8) is 0 Å². The average Bonchev–Trinajstić information content (AvgIpc) is 2.49. The fraction of sp³-hybridized carbons (Fsp3) is 0.533. The predicted molar refractivity (Wildman–Crippen MR) is 80.2 cm³/mol. The highest BCUT2D eigenvalue weighted by atomic mass is 19.1. The lowest BCUT2D eigenvalue weighted by molar-refractivity contribution is 0.0285. The number of halogens is 1. The van der Waals surface area contributed by atoms with Gasteiger partial charge < -0.3 is 20.1 Å². The minimum absolute atomic E-state index is 0.234. The second-order valence-corrected chi connectivity index (χ2v) is 4.61. The van der Waals surface area contributed by atoms with Crippen LogP contribution in [0.4, 0.5) is 10.1 Å². The first-order valence-electron chi connectivity index (χ1n) is 6.96. The second kappa shape index (κ2) is 9.31. The Bertz CT molecular complexity index is 455. The van der Waals surface area contributed by atoms with Crippen molar-refractivity contribution in [2.24, 2.45) is 0 Å². The molecule has 0 saturated heterocycles. The summed E-state index contributed by atoms with van der Waals surface area (Å²) in [5.74, 6) is -0.775. The van der Waals surface area contributed by atoms with Gasteiger partial charge in [-0.25, -0.2) is 4.39 Å². The molecule has 0 aliphatic heterocycles. The summed E-state index contributed by atoms with van der Waals surface area (Å²) < 4.78 is 24.0. The standard InChI is InChI=1S/C15H23FN2O3/c1-4-8-17-14-12(6-5-7-13(14)16)15(19)18-9-11(21-3)10-20-2/h5-7,11,17H,4,8-10H2,1-3H3,(H,18,19). The van der Waals surface area contributed by atoms with Crippen molar-refractivity contribution in [3.05, 3.63) is 29.6 Å². The predicted octanol–water partition coefficient (Wildman–Crippen LogP) is 2.04. The van der Waals surface area contributed by atoms with Gasteiger partial charge in [0.25, 0.3) is 5.91 Å². The maximum atomic E-state index is 13.8. The van der Waals surface area contributed by atoms with Gasteiger partial charge in [-0.1, -0.05) is 13.0 Å².